The number of allylic oxidation sites excluding steroid dienone is 1. The lowest BCUT2D eigenvalue weighted by atomic mass is 10.0. The monoisotopic (exact) mass is 394 g/mol. The summed E-state index contributed by atoms with van der Waals surface area (Å²) in [6.07, 6.45) is 6.95. The standard InChI is InChI=1S/C25H30O4/c1-5-9-20-12-17-24(27-7-3)22(25(20)28-8-4)15-16-23(26)19-10-13-21(14-11-19)29-18-6-2/h6,10-17H,2,5,7-9,18H2,1,3-4H3/b16-15+. The highest BCUT2D eigenvalue weighted by Gasteiger charge is 2.14. The van der Waals surface area contributed by atoms with Crippen molar-refractivity contribution < 1.29 is 19.0 Å². The van der Waals surface area contributed by atoms with Crippen molar-refractivity contribution in [2.45, 2.75) is 33.6 Å². The van der Waals surface area contributed by atoms with Crippen LogP contribution >= 0.6 is 0 Å². The number of carbonyl (C=O) groups excluding carboxylic acids is 1. The molecule has 0 aliphatic rings. The van der Waals surface area contributed by atoms with Gasteiger partial charge in [-0.15, -0.1) is 0 Å². The minimum Gasteiger partial charge on any atom is -0.493 e. The predicted molar refractivity (Wildman–Crippen MR) is 118 cm³/mol. The minimum absolute atomic E-state index is 0.0916. The molecule has 4 heteroatoms. The van der Waals surface area contributed by atoms with Gasteiger partial charge in [-0.3, -0.25) is 4.79 Å². The van der Waals surface area contributed by atoms with Crippen molar-refractivity contribution in [2.75, 3.05) is 19.8 Å². The molecule has 0 unspecified atom stereocenters. The molecule has 0 radical (unpaired) electrons. The molecule has 0 spiro atoms. The van der Waals surface area contributed by atoms with Crippen LogP contribution in [-0.2, 0) is 6.42 Å². The first kappa shape index (κ1) is 22.3. The number of benzene rings is 2. The van der Waals surface area contributed by atoms with Gasteiger partial charge in [0.25, 0.3) is 0 Å². The number of ketones is 1. The third-order valence-electron chi connectivity index (χ3n) is 4.25. The van der Waals surface area contributed by atoms with Gasteiger partial charge in [0.05, 0.1) is 18.8 Å². The molecule has 154 valence electrons. The van der Waals surface area contributed by atoms with Gasteiger partial charge in [0, 0.05) is 5.56 Å². The zero-order chi connectivity index (χ0) is 21.1. The van der Waals surface area contributed by atoms with Crippen molar-refractivity contribution in [1.29, 1.82) is 0 Å². The molecule has 0 amide bonds. The Hall–Kier alpha value is -3.01. The van der Waals surface area contributed by atoms with E-state index in [4.69, 9.17) is 14.2 Å². The van der Waals surface area contributed by atoms with Crippen molar-refractivity contribution in [1.82, 2.24) is 0 Å². The number of carbonyl (C=O) groups is 1. The fraction of sp³-hybridized carbons (Fsp3) is 0.320. The normalized spacial score (nSPS) is 10.7. The second-order valence-corrected chi connectivity index (χ2v) is 6.40. The molecule has 2 aromatic carbocycles. The van der Waals surface area contributed by atoms with Gasteiger partial charge < -0.3 is 14.2 Å². The molecule has 0 fully saturated rings. The van der Waals surface area contributed by atoms with Gasteiger partial charge in [0.1, 0.15) is 23.9 Å². The summed E-state index contributed by atoms with van der Waals surface area (Å²) >= 11 is 0. The molecule has 0 aliphatic heterocycles. The molecule has 0 aromatic heterocycles. The Morgan fingerprint density at radius 3 is 2.31 bits per heavy atom. The van der Waals surface area contributed by atoms with Crippen molar-refractivity contribution in [3.63, 3.8) is 0 Å². The zero-order valence-corrected chi connectivity index (χ0v) is 17.6. The van der Waals surface area contributed by atoms with Gasteiger partial charge >= 0.3 is 0 Å². The first-order valence-electron chi connectivity index (χ1n) is 10.1. The summed E-state index contributed by atoms with van der Waals surface area (Å²) < 4.78 is 17.2. The Labute approximate surface area is 173 Å². The largest absolute Gasteiger partial charge is 0.493 e. The Morgan fingerprint density at radius 2 is 1.69 bits per heavy atom. The second-order valence-electron chi connectivity index (χ2n) is 6.40. The molecule has 0 saturated carbocycles. The third kappa shape index (κ3) is 6.24. The first-order valence-corrected chi connectivity index (χ1v) is 10.1. The minimum atomic E-state index is -0.0916. The van der Waals surface area contributed by atoms with Crippen LogP contribution in [-0.4, -0.2) is 25.6 Å². The molecule has 0 heterocycles. The average Bonchev–Trinajstić information content (AvgIpc) is 2.74. The highest BCUT2D eigenvalue weighted by atomic mass is 16.5. The lowest BCUT2D eigenvalue weighted by molar-refractivity contribution is 0.104. The van der Waals surface area contributed by atoms with Crippen LogP contribution in [0.3, 0.4) is 0 Å². The first-order chi connectivity index (χ1) is 14.1. The number of rotatable bonds is 12. The number of ether oxygens (including phenoxy) is 3. The maximum absolute atomic E-state index is 12.7. The molecular formula is C25H30O4. The van der Waals surface area contributed by atoms with E-state index in [-0.39, 0.29) is 5.78 Å². The van der Waals surface area contributed by atoms with Crippen molar-refractivity contribution in [2.24, 2.45) is 0 Å². The van der Waals surface area contributed by atoms with Crippen LogP contribution in [0, 0.1) is 0 Å². The maximum atomic E-state index is 12.7. The van der Waals surface area contributed by atoms with E-state index in [0.29, 0.717) is 36.9 Å². The van der Waals surface area contributed by atoms with Crippen molar-refractivity contribution in [3.05, 3.63) is 71.8 Å². The van der Waals surface area contributed by atoms with E-state index in [1.54, 1.807) is 42.5 Å². The van der Waals surface area contributed by atoms with Crippen LogP contribution in [0.15, 0.2) is 55.1 Å². The highest BCUT2D eigenvalue weighted by Crippen LogP contribution is 2.35. The Balaban J connectivity index is 2.32. The van der Waals surface area contributed by atoms with E-state index < -0.39 is 0 Å². The third-order valence-corrected chi connectivity index (χ3v) is 4.25. The van der Waals surface area contributed by atoms with Crippen LogP contribution in [0.1, 0.15) is 48.7 Å². The van der Waals surface area contributed by atoms with Crippen LogP contribution in [0.4, 0.5) is 0 Å². The number of aryl methyl sites for hydroxylation is 1. The fourth-order valence-corrected chi connectivity index (χ4v) is 2.97. The summed E-state index contributed by atoms with van der Waals surface area (Å²) in [5, 5.41) is 0. The molecule has 29 heavy (non-hydrogen) atoms. The van der Waals surface area contributed by atoms with Gasteiger partial charge in [0.15, 0.2) is 5.78 Å². The van der Waals surface area contributed by atoms with Crippen molar-refractivity contribution in [3.8, 4) is 17.2 Å². The highest BCUT2D eigenvalue weighted by molar-refractivity contribution is 6.07. The number of hydrogen-bond acceptors (Lipinski definition) is 4. The second kappa shape index (κ2) is 11.7. The molecule has 0 bridgehead atoms. The molecular weight excluding hydrogens is 364 g/mol. The summed E-state index contributed by atoms with van der Waals surface area (Å²) in [6.45, 7) is 11.2. The van der Waals surface area contributed by atoms with Crippen LogP contribution in [0.2, 0.25) is 0 Å². The topological polar surface area (TPSA) is 44.8 Å². The van der Waals surface area contributed by atoms with Gasteiger partial charge in [0.2, 0.25) is 0 Å². The lowest BCUT2D eigenvalue weighted by Gasteiger charge is -2.16. The van der Waals surface area contributed by atoms with Gasteiger partial charge in [-0.25, -0.2) is 0 Å². The molecule has 2 aromatic rings. The van der Waals surface area contributed by atoms with Gasteiger partial charge in [-0.05, 0) is 68.3 Å². The average molecular weight is 395 g/mol. The van der Waals surface area contributed by atoms with Crippen molar-refractivity contribution >= 4 is 11.9 Å². The Morgan fingerprint density at radius 1 is 0.966 bits per heavy atom. The van der Waals surface area contributed by atoms with E-state index in [9.17, 15) is 4.79 Å². The van der Waals surface area contributed by atoms with Crippen LogP contribution in [0.25, 0.3) is 6.08 Å². The van der Waals surface area contributed by atoms with Crippen LogP contribution in [0.5, 0.6) is 17.2 Å². The molecule has 0 N–H and O–H groups in total. The Bertz CT molecular complexity index is 835. The molecule has 2 rings (SSSR count). The van der Waals surface area contributed by atoms with Crippen LogP contribution < -0.4 is 14.2 Å². The van der Waals surface area contributed by atoms with E-state index in [1.807, 2.05) is 26.0 Å². The molecule has 0 saturated heterocycles. The summed E-state index contributed by atoms with van der Waals surface area (Å²) in [7, 11) is 0. The smallest absolute Gasteiger partial charge is 0.185 e. The summed E-state index contributed by atoms with van der Waals surface area (Å²) in [4.78, 5) is 12.7. The fourth-order valence-electron chi connectivity index (χ4n) is 2.97. The Kier molecular flexibility index (Phi) is 9.03. The predicted octanol–water partition coefficient (Wildman–Crippen LogP) is 5.90. The van der Waals surface area contributed by atoms with E-state index in [2.05, 4.69) is 13.5 Å². The van der Waals surface area contributed by atoms with E-state index in [1.165, 1.54) is 0 Å². The molecule has 0 aliphatic carbocycles. The van der Waals surface area contributed by atoms with Gasteiger partial charge in [-0.2, -0.15) is 0 Å². The van der Waals surface area contributed by atoms with E-state index in [0.717, 1.165) is 29.7 Å². The maximum Gasteiger partial charge on any atom is 0.185 e. The summed E-state index contributed by atoms with van der Waals surface area (Å²) in [5.74, 6) is 2.12. The summed E-state index contributed by atoms with van der Waals surface area (Å²) in [6, 6.07) is 11.1. The summed E-state index contributed by atoms with van der Waals surface area (Å²) in [5.41, 5.74) is 2.51. The SMILES string of the molecule is C=CCOc1ccc(C(=O)/C=C/c2c(OCC)ccc(CCC)c2OCC)cc1. The molecule has 0 atom stereocenters. The molecule has 4 nitrogen and oxygen atoms in total. The number of hydrogen-bond donors (Lipinski definition) is 0. The quantitative estimate of drug-likeness (QED) is 0.255. The zero-order valence-electron chi connectivity index (χ0n) is 17.6. The lowest BCUT2D eigenvalue weighted by Crippen LogP contribution is -2.03. The van der Waals surface area contributed by atoms with Gasteiger partial charge in [-0.1, -0.05) is 32.1 Å². The van der Waals surface area contributed by atoms with E-state index >= 15 is 0 Å².